The Morgan fingerprint density at radius 3 is 2.54 bits per heavy atom. The summed E-state index contributed by atoms with van der Waals surface area (Å²) >= 11 is 12.0. The molecule has 1 amide bonds. The molecule has 0 aliphatic heterocycles. The Labute approximate surface area is 148 Å². The van der Waals surface area contributed by atoms with Crippen molar-refractivity contribution in [1.29, 1.82) is 0 Å². The van der Waals surface area contributed by atoms with Gasteiger partial charge in [-0.15, -0.1) is 0 Å². The quantitative estimate of drug-likeness (QED) is 0.626. The average molecular weight is 369 g/mol. The van der Waals surface area contributed by atoms with Crippen LogP contribution in [0.3, 0.4) is 0 Å². The number of methoxy groups -OCH3 is 1. The van der Waals surface area contributed by atoms with Crippen LogP contribution < -0.4 is 10.1 Å². The van der Waals surface area contributed by atoms with Crippen molar-refractivity contribution in [3.05, 3.63) is 67.7 Å². The zero-order chi connectivity index (χ0) is 17.9. The fourth-order valence-electron chi connectivity index (χ4n) is 2.19. The maximum Gasteiger partial charge on any atom is 0.270 e. The van der Waals surface area contributed by atoms with E-state index < -0.39 is 16.9 Å². The number of carbonyl (C=O) groups excluding carboxylic acids is 1. The molecule has 2 aromatic rings. The van der Waals surface area contributed by atoms with Crippen molar-refractivity contribution < 1.29 is 14.5 Å². The molecule has 6 nitrogen and oxygen atoms in total. The smallest absolute Gasteiger partial charge is 0.270 e. The van der Waals surface area contributed by atoms with Gasteiger partial charge in [0.2, 0.25) is 0 Å². The molecule has 0 spiro atoms. The third-order valence-corrected chi connectivity index (χ3v) is 3.98. The summed E-state index contributed by atoms with van der Waals surface area (Å²) in [5.74, 6) is -0.262. The summed E-state index contributed by atoms with van der Waals surface area (Å²) in [5.41, 5.74) is 0.556. The van der Waals surface area contributed by atoms with Gasteiger partial charge in [-0.05, 0) is 30.7 Å². The molecule has 1 N–H and O–H groups in total. The third-order valence-electron chi connectivity index (χ3n) is 3.42. The number of hydrogen-bond donors (Lipinski definition) is 1. The summed E-state index contributed by atoms with van der Waals surface area (Å²) in [7, 11) is 1.39. The first kappa shape index (κ1) is 18.0. The number of nitrogens with zero attached hydrogens (tertiary/aromatic N) is 1. The number of nitro groups is 1. The SMILES string of the molecule is COc1ccc([N+](=O)[O-])cc1C(=O)NC(C)c1ccc(Cl)cc1Cl. The zero-order valence-corrected chi connectivity index (χ0v) is 14.4. The molecule has 1 unspecified atom stereocenters. The van der Waals surface area contributed by atoms with E-state index in [1.807, 2.05) is 0 Å². The predicted molar refractivity (Wildman–Crippen MR) is 92.0 cm³/mol. The molecule has 0 aromatic heterocycles. The number of hydrogen-bond acceptors (Lipinski definition) is 4. The minimum Gasteiger partial charge on any atom is -0.496 e. The van der Waals surface area contributed by atoms with E-state index >= 15 is 0 Å². The lowest BCUT2D eigenvalue weighted by atomic mass is 10.1. The normalized spacial score (nSPS) is 11.7. The lowest BCUT2D eigenvalue weighted by molar-refractivity contribution is -0.384. The van der Waals surface area contributed by atoms with Crippen LogP contribution in [0.15, 0.2) is 36.4 Å². The Hall–Kier alpha value is -2.31. The van der Waals surface area contributed by atoms with E-state index in [1.165, 1.54) is 25.3 Å². The second-order valence-electron chi connectivity index (χ2n) is 5.00. The van der Waals surface area contributed by atoms with E-state index in [0.29, 0.717) is 15.6 Å². The molecule has 126 valence electrons. The summed E-state index contributed by atoms with van der Waals surface area (Å²) in [5, 5.41) is 14.5. The van der Waals surface area contributed by atoms with Crippen LogP contribution in [0.25, 0.3) is 0 Å². The second kappa shape index (κ2) is 7.51. The Morgan fingerprint density at radius 2 is 1.96 bits per heavy atom. The highest BCUT2D eigenvalue weighted by Crippen LogP contribution is 2.28. The zero-order valence-electron chi connectivity index (χ0n) is 12.9. The topological polar surface area (TPSA) is 81.5 Å². The number of rotatable bonds is 5. The van der Waals surface area contributed by atoms with Crippen molar-refractivity contribution in [3.8, 4) is 5.75 Å². The first-order chi connectivity index (χ1) is 11.3. The highest BCUT2D eigenvalue weighted by molar-refractivity contribution is 6.35. The Morgan fingerprint density at radius 1 is 1.25 bits per heavy atom. The van der Waals surface area contributed by atoms with E-state index in [-0.39, 0.29) is 17.0 Å². The molecular formula is C16H14Cl2N2O4. The lowest BCUT2D eigenvalue weighted by Crippen LogP contribution is -2.27. The van der Waals surface area contributed by atoms with Crippen molar-refractivity contribution in [2.75, 3.05) is 7.11 Å². The van der Waals surface area contributed by atoms with Gasteiger partial charge in [0.25, 0.3) is 11.6 Å². The Kier molecular flexibility index (Phi) is 5.64. The molecule has 24 heavy (non-hydrogen) atoms. The van der Waals surface area contributed by atoms with Crippen molar-refractivity contribution in [3.63, 3.8) is 0 Å². The Bertz CT molecular complexity index is 796. The number of ether oxygens (including phenoxy) is 1. The van der Waals surface area contributed by atoms with E-state index in [4.69, 9.17) is 27.9 Å². The molecule has 8 heteroatoms. The monoisotopic (exact) mass is 368 g/mol. The first-order valence-electron chi connectivity index (χ1n) is 6.91. The van der Waals surface area contributed by atoms with Crippen LogP contribution in [0.4, 0.5) is 5.69 Å². The number of benzene rings is 2. The van der Waals surface area contributed by atoms with Gasteiger partial charge in [0.1, 0.15) is 5.75 Å². The molecule has 0 radical (unpaired) electrons. The number of nitrogens with one attached hydrogen (secondary N) is 1. The van der Waals surface area contributed by atoms with Crippen molar-refractivity contribution >= 4 is 34.8 Å². The van der Waals surface area contributed by atoms with Crippen molar-refractivity contribution in [2.24, 2.45) is 0 Å². The molecule has 0 bridgehead atoms. The van der Waals surface area contributed by atoms with Crippen LogP contribution in [0.2, 0.25) is 10.0 Å². The number of amides is 1. The summed E-state index contributed by atoms with van der Waals surface area (Å²) in [6, 6.07) is 8.35. The van der Waals surface area contributed by atoms with Gasteiger partial charge in [0, 0.05) is 22.2 Å². The molecule has 0 saturated heterocycles. The van der Waals surface area contributed by atoms with Gasteiger partial charge in [-0.25, -0.2) is 0 Å². The predicted octanol–water partition coefficient (Wildman–Crippen LogP) is 4.40. The summed E-state index contributed by atoms with van der Waals surface area (Å²) in [4.78, 5) is 22.8. The summed E-state index contributed by atoms with van der Waals surface area (Å²) in [6.07, 6.45) is 0. The number of carbonyl (C=O) groups is 1. The van der Waals surface area contributed by atoms with E-state index in [0.717, 1.165) is 0 Å². The van der Waals surface area contributed by atoms with Gasteiger partial charge >= 0.3 is 0 Å². The van der Waals surface area contributed by atoms with Crippen LogP contribution in [0.1, 0.15) is 28.9 Å². The molecule has 1 atom stereocenters. The van der Waals surface area contributed by atoms with Crippen LogP contribution >= 0.6 is 23.2 Å². The molecular weight excluding hydrogens is 355 g/mol. The molecule has 0 saturated carbocycles. The van der Waals surface area contributed by atoms with E-state index in [9.17, 15) is 14.9 Å². The van der Waals surface area contributed by atoms with Gasteiger partial charge in [-0.2, -0.15) is 0 Å². The van der Waals surface area contributed by atoms with Crippen LogP contribution in [0, 0.1) is 10.1 Å². The standard InChI is InChI=1S/C16H14Cl2N2O4/c1-9(12-5-3-10(17)7-14(12)18)19-16(21)13-8-11(20(22)23)4-6-15(13)24-2/h3-9H,1-2H3,(H,19,21). The van der Waals surface area contributed by atoms with Gasteiger partial charge < -0.3 is 10.1 Å². The van der Waals surface area contributed by atoms with E-state index in [1.54, 1.807) is 25.1 Å². The van der Waals surface area contributed by atoms with Crippen LogP contribution in [0.5, 0.6) is 5.75 Å². The molecule has 2 rings (SSSR count). The highest BCUT2D eigenvalue weighted by Gasteiger charge is 2.20. The molecule has 0 heterocycles. The molecule has 0 fully saturated rings. The third kappa shape index (κ3) is 3.96. The lowest BCUT2D eigenvalue weighted by Gasteiger charge is -2.17. The average Bonchev–Trinajstić information content (AvgIpc) is 2.53. The molecule has 0 aliphatic carbocycles. The number of non-ortho nitro benzene ring substituents is 1. The Balaban J connectivity index is 2.28. The van der Waals surface area contributed by atoms with Crippen LogP contribution in [-0.4, -0.2) is 17.9 Å². The number of halogens is 2. The van der Waals surface area contributed by atoms with Crippen LogP contribution in [-0.2, 0) is 0 Å². The second-order valence-corrected chi connectivity index (χ2v) is 5.85. The van der Waals surface area contributed by atoms with Crippen molar-refractivity contribution in [1.82, 2.24) is 5.32 Å². The van der Waals surface area contributed by atoms with E-state index in [2.05, 4.69) is 5.32 Å². The maximum absolute atomic E-state index is 12.5. The van der Waals surface area contributed by atoms with Gasteiger partial charge in [0.15, 0.2) is 0 Å². The summed E-state index contributed by atoms with van der Waals surface area (Å²) in [6.45, 7) is 1.75. The first-order valence-corrected chi connectivity index (χ1v) is 7.67. The molecule has 2 aromatic carbocycles. The maximum atomic E-state index is 12.5. The van der Waals surface area contributed by atoms with Gasteiger partial charge in [-0.1, -0.05) is 29.3 Å². The van der Waals surface area contributed by atoms with Gasteiger partial charge in [-0.3, -0.25) is 14.9 Å². The van der Waals surface area contributed by atoms with Gasteiger partial charge in [0.05, 0.1) is 23.6 Å². The molecule has 0 aliphatic rings. The summed E-state index contributed by atoms with van der Waals surface area (Å²) < 4.78 is 5.10. The minimum atomic E-state index is -0.574. The highest BCUT2D eigenvalue weighted by atomic mass is 35.5. The van der Waals surface area contributed by atoms with Crippen molar-refractivity contribution in [2.45, 2.75) is 13.0 Å². The fraction of sp³-hybridized carbons (Fsp3) is 0.188. The fourth-order valence-corrected chi connectivity index (χ4v) is 2.76. The largest absolute Gasteiger partial charge is 0.496 e. The minimum absolute atomic E-state index is 0.0728. The number of nitro benzene ring substituents is 1.